The summed E-state index contributed by atoms with van der Waals surface area (Å²) >= 11 is 0. The van der Waals surface area contributed by atoms with Crippen molar-refractivity contribution in [1.29, 1.82) is 10.8 Å². The summed E-state index contributed by atoms with van der Waals surface area (Å²) in [4.78, 5) is 0. The van der Waals surface area contributed by atoms with E-state index in [0.717, 1.165) is 30.7 Å². The third-order valence-corrected chi connectivity index (χ3v) is 1.38. The van der Waals surface area contributed by atoms with Crippen LogP contribution in [0.15, 0.2) is 0 Å². The van der Waals surface area contributed by atoms with Gasteiger partial charge in [-0.05, 0) is 19.3 Å². The number of hydrogen-bond acceptors (Lipinski definition) is 2. The van der Waals surface area contributed by atoms with Crippen LogP contribution in [0.25, 0.3) is 0 Å². The average Bonchev–Trinajstić information content (AvgIpc) is 1.64. The maximum Gasteiger partial charge on any atom is 0.0229 e. The molecule has 44 valence electrons. The van der Waals surface area contributed by atoms with Crippen LogP contribution in [-0.4, -0.2) is 11.4 Å². The van der Waals surface area contributed by atoms with Gasteiger partial charge < -0.3 is 10.8 Å². The van der Waals surface area contributed by atoms with E-state index in [0.29, 0.717) is 6.42 Å². The molecule has 1 aliphatic rings. The normalized spacial score (nSPS) is 21.5. The van der Waals surface area contributed by atoms with Crippen molar-refractivity contribution in [2.24, 2.45) is 0 Å². The van der Waals surface area contributed by atoms with Crippen molar-refractivity contribution in [3.63, 3.8) is 0 Å². The van der Waals surface area contributed by atoms with Crippen LogP contribution < -0.4 is 0 Å². The molecule has 0 aromatic carbocycles. The Morgan fingerprint density at radius 2 is 1.50 bits per heavy atom. The SMILES string of the molecule is N=C1CCCC(=N)C1. The molecule has 1 fully saturated rings. The van der Waals surface area contributed by atoms with E-state index in [1.165, 1.54) is 0 Å². The largest absolute Gasteiger partial charge is 0.309 e. The van der Waals surface area contributed by atoms with Gasteiger partial charge in [-0.25, -0.2) is 0 Å². The monoisotopic (exact) mass is 110 g/mol. The Labute approximate surface area is 48.9 Å². The smallest absolute Gasteiger partial charge is 0.0229 e. The average molecular weight is 110 g/mol. The first kappa shape index (κ1) is 5.48. The van der Waals surface area contributed by atoms with Crippen LogP contribution >= 0.6 is 0 Å². The molecule has 0 aliphatic heterocycles. The minimum Gasteiger partial charge on any atom is -0.309 e. The van der Waals surface area contributed by atoms with Crippen LogP contribution in [0.2, 0.25) is 0 Å². The zero-order valence-corrected chi connectivity index (χ0v) is 4.83. The highest BCUT2D eigenvalue weighted by atomic mass is 14.5. The highest BCUT2D eigenvalue weighted by Crippen LogP contribution is 2.09. The molecule has 1 saturated carbocycles. The third kappa shape index (κ3) is 1.15. The summed E-state index contributed by atoms with van der Waals surface area (Å²) in [5.74, 6) is 0. The summed E-state index contributed by atoms with van der Waals surface area (Å²) in [5.41, 5.74) is 1.47. The Balaban J connectivity index is 2.45. The lowest BCUT2D eigenvalue weighted by molar-refractivity contribution is 0.863. The Bertz CT molecular complexity index is 112. The zero-order chi connectivity index (χ0) is 5.98. The second kappa shape index (κ2) is 2.07. The summed E-state index contributed by atoms with van der Waals surface area (Å²) in [5, 5.41) is 14.4. The molecule has 0 saturated heterocycles. The van der Waals surface area contributed by atoms with Crippen LogP contribution in [0.4, 0.5) is 0 Å². The van der Waals surface area contributed by atoms with Crippen LogP contribution in [0, 0.1) is 10.8 Å². The first-order valence-corrected chi connectivity index (χ1v) is 2.91. The van der Waals surface area contributed by atoms with E-state index in [1.807, 2.05) is 0 Å². The van der Waals surface area contributed by atoms with Crippen LogP contribution in [-0.2, 0) is 0 Å². The first-order chi connectivity index (χ1) is 3.79. The van der Waals surface area contributed by atoms with Crippen molar-refractivity contribution in [3.05, 3.63) is 0 Å². The molecule has 0 heterocycles. The van der Waals surface area contributed by atoms with Crippen LogP contribution in [0.1, 0.15) is 25.7 Å². The third-order valence-electron chi connectivity index (χ3n) is 1.38. The fourth-order valence-corrected chi connectivity index (χ4v) is 0.950. The summed E-state index contributed by atoms with van der Waals surface area (Å²) in [6, 6.07) is 0. The maximum absolute atomic E-state index is 7.18. The van der Waals surface area contributed by atoms with Gasteiger partial charge in [0.25, 0.3) is 0 Å². The molecule has 0 unspecified atom stereocenters. The molecule has 0 radical (unpaired) electrons. The van der Waals surface area contributed by atoms with Gasteiger partial charge in [0, 0.05) is 17.8 Å². The Morgan fingerprint density at radius 1 is 1.00 bits per heavy atom. The Morgan fingerprint density at radius 3 is 1.75 bits per heavy atom. The molecule has 1 rings (SSSR count). The molecule has 0 aromatic rings. The summed E-state index contributed by atoms with van der Waals surface area (Å²) in [6.45, 7) is 0. The molecule has 0 bridgehead atoms. The highest BCUT2D eigenvalue weighted by Gasteiger charge is 2.08. The van der Waals surface area contributed by atoms with Gasteiger partial charge in [0.05, 0.1) is 0 Å². The molecule has 2 N–H and O–H groups in total. The zero-order valence-electron chi connectivity index (χ0n) is 4.83. The first-order valence-electron chi connectivity index (χ1n) is 2.91. The van der Waals surface area contributed by atoms with E-state index in [4.69, 9.17) is 10.8 Å². The van der Waals surface area contributed by atoms with Gasteiger partial charge in [-0.1, -0.05) is 0 Å². The standard InChI is InChI=1S/C6H10N2/c7-5-2-1-3-6(8)4-5/h7-8H,1-4H2. The minimum absolute atomic E-state index is 0.639. The van der Waals surface area contributed by atoms with Gasteiger partial charge in [-0.15, -0.1) is 0 Å². The summed E-state index contributed by atoms with van der Waals surface area (Å²) < 4.78 is 0. The molecule has 0 amide bonds. The van der Waals surface area contributed by atoms with Crippen molar-refractivity contribution < 1.29 is 0 Å². The quantitative estimate of drug-likeness (QED) is 0.476. The van der Waals surface area contributed by atoms with Crippen molar-refractivity contribution in [3.8, 4) is 0 Å². The van der Waals surface area contributed by atoms with Gasteiger partial charge in [0.15, 0.2) is 0 Å². The van der Waals surface area contributed by atoms with Crippen LogP contribution in [0.5, 0.6) is 0 Å². The number of nitrogens with one attached hydrogen (secondary N) is 2. The van der Waals surface area contributed by atoms with Crippen molar-refractivity contribution in [1.82, 2.24) is 0 Å². The summed E-state index contributed by atoms with van der Waals surface area (Å²) in [6.07, 6.45) is 3.50. The van der Waals surface area contributed by atoms with E-state index in [9.17, 15) is 0 Å². The van der Waals surface area contributed by atoms with Gasteiger partial charge >= 0.3 is 0 Å². The lowest BCUT2D eigenvalue weighted by Gasteiger charge is -2.10. The van der Waals surface area contributed by atoms with Gasteiger partial charge in [0.1, 0.15) is 0 Å². The topological polar surface area (TPSA) is 47.7 Å². The summed E-state index contributed by atoms with van der Waals surface area (Å²) in [7, 11) is 0. The predicted molar refractivity (Wildman–Crippen MR) is 33.9 cm³/mol. The fourth-order valence-electron chi connectivity index (χ4n) is 0.950. The maximum atomic E-state index is 7.18. The second-order valence-corrected chi connectivity index (χ2v) is 2.24. The number of hydrogen-bond donors (Lipinski definition) is 2. The molecule has 0 spiro atoms. The lowest BCUT2D eigenvalue weighted by Crippen LogP contribution is -2.12. The van der Waals surface area contributed by atoms with E-state index in [-0.39, 0.29) is 0 Å². The number of rotatable bonds is 0. The lowest BCUT2D eigenvalue weighted by atomic mass is 9.97. The minimum atomic E-state index is 0.639. The second-order valence-electron chi connectivity index (χ2n) is 2.24. The van der Waals surface area contributed by atoms with E-state index in [1.54, 1.807) is 0 Å². The van der Waals surface area contributed by atoms with Gasteiger partial charge in [-0.2, -0.15) is 0 Å². The molecule has 8 heavy (non-hydrogen) atoms. The fraction of sp³-hybridized carbons (Fsp3) is 0.667. The van der Waals surface area contributed by atoms with Gasteiger partial charge in [0.2, 0.25) is 0 Å². The predicted octanol–water partition coefficient (Wildman–Crippen LogP) is 1.60. The molecule has 2 heteroatoms. The molecular weight excluding hydrogens is 100 g/mol. The van der Waals surface area contributed by atoms with E-state index >= 15 is 0 Å². The van der Waals surface area contributed by atoms with Crippen molar-refractivity contribution in [2.45, 2.75) is 25.7 Å². The Kier molecular flexibility index (Phi) is 1.42. The highest BCUT2D eigenvalue weighted by molar-refractivity contribution is 6.03. The van der Waals surface area contributed by atoms with Crippen molar-refractivity contribution >= 4 is 11.4 Å². The molecule has 1 aliphatic carbocycles. The van der Waals surface area contributed by atoms with Crippen molar-refractivity contribution in [2.75, 3.05) is 0 Å². The molecule has 2 nitrogen and oxygen atoms in total. The molecule has 0 aromatic heterocycles. The Hall–Kier alpha value is -0.660. The van der Waals surface area contributed by atoms with E-state index in [2.05, 4.69) is 0 Å². The van der Waals surface area contributed by atoms with Crippen LogP contribution in [0.3, 0.4) is 0 Å². The van der Waals surface area contributed by atoms with Gasteiger partial charge in [-0.3, -0.25) is 0 Å². The molecular formula is C6H10N2. The molecule has 0 atom stereocenters. The van der Waals surface area contributed by atoms with E-state index < -0.39 is 0 Å².